The van der Waals surface area contributed by atoms with Gasteiger partial charge in [-0.3, -0.25) is 14.9 Å². The average Bonchev–Trinajstić information content (AvgIpc) is 2.83. The number of carbonyl (C=O) groups excluding carboxylic acids is 1. The zero-order valence-electron chi connectivity index (χ0n) is 11.6. The Morgan fingerprint density at radius 2 is 2.18 bits per heavy atom. The number of aromatic carboxylic acids is 1. The second-order valence-electron chi connectivity index (χ2n) is 4.48. The monoisotopic (exact) mass is 307 g/mol. The van der Waals surface area contributed by atoms with Crippen LogP contribution in [0, 0.1) is 10.1 Å². The van der Waals surface area contributed by atoms with Gasteiger partial charge < -0.3 is 20.1 Å². The van der Waals surface area contributed by atoms with Crippen molar-refractivity contribution in [1.82, 2.24) is 10.3 Å². The highest BCUT2D eigenvalue weighted by Gasteiger charge is 2.19. The van der Waals surface area contributed by atoms with E-state index in [2.05, 4.69) is 15.0 Å². The van der Waals surface area contributed by atoms with Crippen LogP contribution in [0.2, 0.25) is 0 Å². The fourth-order valence-corrected chi connectivity index (χ4v) is 2.08. The predicted molar refractivity (Wildman–Crippen MR) is 75.6 cm³/mol. The number of carbonyl (C=O) groups is 2. The molecule has 9 nitrogen and oxygen atoms in total. The number of ether oxygens (including phenoxy) is 1. The number of amides is 1. The van der Waals surface area contributed by atoms with Crippen molar-refractivity contribution in [3.8, 4) is 0 Å². The van der Waals surface area contributed by atoms with E-state index in [0.717, 1.165) is 0 Å². The summed E-state index contributed by atoms with van der Waals surface area (Å²) in [6, 6.07) is 3.98. The van der Waals surface area contributed by atoms with E-state index >= 15 is 0 Å². The van der Waals surface area contributed by atoms with Gasteiger partial charge in [0.05, 0.1) is 4.92 Å². The maximum absolute atomic E-state index is 11.4. The van der Waals surface area contributed by atoms with Gasteiger partial charge in [0.15, 0.2) is 0 Å². The number of nitro benzene ring substituents is 1. The molecule has 22 heavy (non-hydrogen) atoms. The number of non-ortho nitro benzene ring substituents is 1. The number of hydrogen-bond acceptors (Lipinski definition) is 5. The quantitative estimate of drug-likeness (QED) is 0.539. The van der Waals surface area contributed by atoms with Gasteiger partial charge in [-0.15, -0.1) is 0 Å². The molecule has 1 heterocycles. The maximum Gasteiger partial charge on any atom is 0.352 e. The normalized spacial score (nSPS) is 10.6. The molecule has 1 aromatic heterocycles. The van der Waals surface area contributed by atoms with Crippen molar-refractivity contribution in [3.63, 3.8) is 0 Å². The van der Waals surface area contributed by atoms with Gasteiger partial charge in [0.2, 0.25) is 5.91 Å². The van der Waals surface area contributed by atoms with Crippen LogP contribution in [-0.2, 0) is 16.1 Å². The van der Waals surface area contributed by atoms with Gasteiger partial charge in [-0.25, -0.2) is 4.79 Å². The molecule has 1 aromatic carbocycles. The summed E-state index contributed by atoms with van der Waals surface area (Å²) >= 11 is 0. The highest BCUT2D eigenvalue weighted by atomic mass is 16.6. The van der Waals surface area contributed by atoms with Gasteiger partial charge in [-0.2, -0.15) is 0 Å². The lowest BCUT2D eigenvalue weighted by molar-refractivity contribution is -0.384. The van der Waals surface area contributed by atoms with E-state index < -0.39 is 16.8 Å². The molecule has 0 fully saturated rings. The van der Waals surface area contributed by atoms with Crippen LogP contribution in [0.15, 0.2) is 18.2 Å². The van der Waals surface area contributed by atoms with E-state index in [-0.39, 0.29) is 30.1 Å². The first-order valence-corrected chi connectivity index (χ1v) is 6.22. The molecule has 1 amide bonds. The number of benzene rings is 1. The molecule has 0 bridgehead atoms. The number of aromatic amines is 1. The lowest BCUT2D eigenvalue weighted by Gasteiger charge is -2.05. The number of hydrogen-bond donors (Lipinski definition) is 3. The van der Waals surface area contributed by atoms with Gasteiger partial charge >= 0.3 is 5.97 Å². The van der Waals surface area contributed by atoms with Crippen molar-refractivity contribution in [2.24, 2.45) is 0 Å². The van der Waals surface area contributed by atoms with Crippen molar-refractivity contribution in [2.75, 3.05) is 13.7 Å². The summed E-state index contributed by atoms with van der Waals surface area (Å²) in [4.78, 5) is 35.7. The van der Waals surface area contributed by atoms with Crippen molar-refractivity contribution in [2.45, 2.75) is 6.54 Å². The summed E-state index contributed by atoms with van der Waals surface area (Å²) in [7, 11) is 1.36. The van der Waals surface area contributed by atoms with E-state index in [4.69, 9.17) is 0 Å². The Morgan fingerprint density at radius 1 is 1.45 bits per heavy atom. The summed E-state index contributed by atoms with van der Waals surface area (Å²) in [6.07, 6.45) is 0. The molecular formula is C13H13N3O6. The number of nitrogens with zero attached hydrogens (tertiary/aromatic N) is 1. The summed E-state index contributed by atoms with van der Waals surface area (Å²) in [5.74, 6) is -1.63. The Morgan fingerprint density at radius 3 is 2.77 bits per heavy atom. The largest absolute Gasteiger partial charge is 0.477 e. The van der Waals surface area contributed by atoms with Gasteiger partial charge in [0.1, 0.15) is 12.3 Å². The smallest absolute Gasteiger partial charge is 0.352 e. The average molecular weight is 307 g/mol. The molecule has 2 aromatic rings. The fraction of sp³-hybridized carbons (Fsp3) is 0.231. The van der Waals surface area contributed by atoms with Crippen LogP contribution >= 0.6 is 0 Å². The molecular weight excluding hydrogens is 294 g/mol. The zero-order valence-corrected chi connectivity index (χ0v) is 11.6. The molecule has 0 saturated carbocycles. The first kappa shape index (κ1) is 15.4. The van der Waals surface area contributed by atoms with Gasteiger partial charge in [0.25, 0.3) is 5.69 Å². The molecule has 0 saturated heterocycles. The number of fused-ring (bicyclic) bond motifs is 1. The third-order valence-electron chi connectivity index (χ3n) is 3.05. The zero-order chi connectivity index (χ0) is 16.3. The van der Waals surface area contributed by atoms with Gasteiger partial charge in [-0.1, -0.05) is 0 Å². The van der Waals surface area contributed by atoms with E-state index in [0.29, 0.717) is 10.9 Å². The maximum atomic E-state index is 11.4. The van der Waals surface area contributed by atoms with E-state index in [1.807, 2.05) is 0 Å². The number of H-pyrrole nitrogens is 1. The number of aromatic nitrogens is 1. The minimum atomic E-state index is -1.21. The second kappa shape index (κ2) is 6.22. The number of carboxylic acids is 1. The van der Waals surface area contributed by atoms with E-state index in [9.17, 15) is 24.8 Å². The first-order chi connectivity index (χ1) is 10.4. The molecule has 2 rings (SSSR count). The molecule has 116 valence electrons. The second-order valence-corrected chi connectivity index (χ2v) is 4.48. The molecule has 0 spiro atoms. The standard InChI is InChI=1S/C13H13N3O6/c1-22-6-11(17)14-5-9-8-4-7(16(20)21)2-3-10(8)15-12(9)13(18)19/h2-4,15H,5-6H2,1H3,(H,14,17)(H,18,19). The van der Waals surface area contributed by atoms with Crippen LogP contribution in [0.3, 0.4) is 0 Å². The van der Waals surface area contributed by atoms with Crippen LogP contribution in [0.5, 0.6) is 0 Å². The Hall–Kier alpha value is -2.94. The van der Waals surface area contributed by atoms with Crippen molar-refractivity contribution >= 4 is 28.5 Å². The Kier molecular flexibility index (Phi) is 4.37. The van der Waals surface area contributed by atoms with Crippen molar-refractivity contribution < 1.29 is 24.4 Å². The fourth-order valence-electron chi connectivity index (χ4n) is 2.08. The summed E-state index contributed by atoms with van der Waals surface area (Å²) < 4.78 is 4.66. The number of rotatable bonds is 6. The Balaban J connectivity index is 2.45. The van der Waals surface area contributed by atoms with Crippen LogP contribution in [0.1, 0.15) is 16.1 Å². The molecule has 9 heteroatoms. The minimum absolute atomic E-state index is 0.0784. The van der Waals surface area contributed by atoms with Gasteiger partial charge in [-0.05, 0) is 6.07 Å². The van der Waals surface area contributed by atoms with E-state index in [1.54, 1.807) is 0 Å². The lowest BCUT2D eigenvalue weighted by atomic mass is 10.1. The minimum Gasteiger partial charge on any atom is -0.477 e. The molecule has 0 unspecified atom stereocenters. The SMILES string of the molecule is COCC(=O)NCc1c(C(=O)O)[nH]c2ccc([N+](=O)[O-])cc12. The van der Waals surface area contributed by atoms with Crippen LogP contribution in [0.25, 0.3) is 10.9 Å². The molecule has 0 aliphatic heterocycles. The number of methoxy groups -OCH3 is 1. The topological polar surface area (TPSA) is 135 Å². The van der Waals surface area contributed by atoms with Gasteiger partial charge in [0, 0.05) is 42.3 Å². The molecule has 0 aliphatic rings. The third-order valence-corrected chi connectivity index (χ3v) is 3.05. The first-order valence-electron chi connectivity index (χ1n) is 6.22. The summed E-state index contributed by atoms with van der Waals surface area (Å²) in [5, 5.41) is 22.9. The predicted octanol–water partition coefficient (Wildman–Crippen LogP) is 1.04. The number of nitrogens with one attached hydrogen (secondary N) is 2. The highest BCUT2D eigenvalue weighted by Crippen LogP contribution is 2.26. The van der Waals surface area contributed by atoms with Crippen LogP contribution < -0.4 is 5.32 Å². The molecule has 0 radical (unpaired) electrons. The van der Waals surface area contributed by atoms with Crippen LogP contribution in [0.4, 0.5) is 5.69 Å². The molecule has 0 atom stereocenters. The number of carboxylic acid groups (broad SMARTS) is 1. The lowest BCUT2D eigenvalue weighted by Crippen LogP contribution is -2.27. The Labute approximate surface area is 124 Å². The van der Waals surface area contributed by atoms with Crippen molar-refractivity contribution in [3.05, 3.63) is 39.6 Å². The number of nitro groups is 1. The van der Waals surface area contributed by atoms with E-state index in [1.165, 1.54) is 25.3 Å². The highest BCUT2D eigenvalue weighted by molar-refractivity contribution is 5.98. The summed E-state index contributed by atoms with van der Waals surface area (Å²) in [5.41, 5.74) is 0.441. The van der Waals surface area contributed by atoms with Crippen LogP contribution in [-0.4, -0.2) is 40.6 Å². The molecule has 0 aliphatic carbocycles. The van der Waals surface area contributed by atoms with Crippen molar-refractivity contribution in [1.29, 1.82) is 0 Å². The Bertz CT molecular complexity index is 752. The summed E-state index contributed by atoms with van der Waals surface area (Å²) in [6.45, 7) is -0.240. The third kappa shape index (κ3) is 3.04. The molecule has 3 N–H and O–H groups in total.